The van der Waals surface area contributed by atoms with Crippen LogP contribution in [-0.4, -0.2) is 27.8 Å². The second-order valence-electron chi connectivity index (χ2n) is 4.01. The molecule has 0 atom stereocenters. The molecule has 24 heavy (non-hydrogen) atoms. The molecule has 0 amide bonds. The molecule has 0 aromatic heterocycles. The van der Waals surface area contributed by atoms with Crippen LogP contribution in [0.25, 0.3) is 0 Å². The van der Waals surface area contributed by atoms with Gasteiger partial charge in [-0.2, -0.15) is 0 Å². The van der Waals surface area contributed by atoms with Crippen LogP contribution in [0.3, 0.4) is 0 Å². The second kappa shape index (κ2) is 13.0. The number of ether oxygens (including phenoxy) is 1. The summed E-state index contributed by atoms with van der Waals surface area (Å²) in [7, 11) is 0. The molecule has 0 spiro atoms. The zero-order valence-corrected chi connectivity index (χ0v) is 14.6. The van der Waals surface area contributed by atoms with Gasteiger partial charge in [0, 0.05) is 11.1 Å². The molecule has 126 valence electrons. The number of thiocarbonyl (C=S) groups is 1. The Hall–Kier alpha value is -2.44. The molecule has 6 heteroatoms. The largest absolute Gasteiger partial charge is 0.479 e. The highest BCUT2D eigenvalue weighted by molar-refractivity contribution is 7.97. The minimum absolute atomic E-state index is 0.185. The fourth-order valence-corrected chi connectivity index (χ4v) is 1.71. The molecule has 0 radical (unpaired) electrons. The van der Waals surface area contributed by atoms with Crippen molar-refractivity contribution in [3.63, 3.8) is 0 Å². The van der Waals surface area contributed by atoms with Gasteiger partial charge in [-0.25, -0.2) is 4.79 Å². The van der Waals surface area contributed by atoms with E-state index < -0.39 is 12.6 Å². The summed E-state index contributed by atoms with van der Waals surface area (Å²) in [5, 5.41) is 8.35. The Morgan fingerprint density at radius 2 is 1.38 bits per heavy atom. The summed E-state index contributed by atoms with van der Waals surface area (Å²) in [6.45, 7) is 5.60. The summed E-state index contributed by atoms with van der Waals surface area (Å²) in [5.74, 6) is -1.03. The van der Waals surface area contributed by atoms with E-state index in [9.17, 15) is 9.59 Å². The number of thiol groups is 1. The van der Waals surface area contributed by atoms with Crippen molar-refractivity contribution < 1.29 is 19.4 Å². The molecule has 0 saturated heterocycles. The third-order valence-electron chi connectivity index (χ3n) is 2.36. The van der Waals surface area contributed by atoms with Crippen molar-refractivity contribution in [2.45, 2.75) is 0 Å². The Labute approximate surface area is 152 Å². The van der Waals surface area contributed by atoms with Crippen molar-refractivity contribution in [1.29, 1.82) is 0 Å². The average molecular weight is 362 g/mol. The standard InChI is InChI=1S/C9H8O3S.C7H6OS.C2H4/c10-8(11)6-12-9(13)7-4-2-1-3-5-7;8-7(9)6-4-2-1-3-5-6;1-2/h1-5H,6H2,(H,10,11);1-5H,(H,8,9);1-2H2. The Morgan fingerprint density at radius 1 is 0.958 bits per heavy atom. The first-order valence-electron chi connectivity index (χ1n) is 6.73. The number of carboxylic acids is 1. The number of aliphatic carboxylic acids is 1. The fourth-order valence-electron chi connectivity index (χ4n) is 1.37. The van der Waals surface area contributed by atoms with Gasteiger partial charge in [-0.1, -0.05) is 60.7 Å². The Kier molecular flexibility index (Phi) is 11.7. The first kappa shape index (κ1) is 21.6. The van der Waals surface area contributed by atoms with Gasteiger partial charge in [0.1, 0.15) is 0 Å². The third-order valence-corrected chi connectivity index (χ3v) is 2.97. The fraction of sp³-hybridized carbons (Fsp3) is 0.0556. The first-order valence-corrected chi connectivity index (χ1v) is 7.58. The number of carbonyl (C=O) groups excluding carboxylic acids is 1. The summed E-state index contributed by atoms with van der Waals surface area (Å²) in [4.78, 5) is 20.7. The molecular formula is C18H18O4S2. The molecular weight excluding hydrogens is 344 g/mol. The van der Waals surface area contributed by atoms with Crippen LogP contribution in [0.1, 0.15) is 15.9 Å². The minimum Gasteiger partial charge on any atom is -0.479 e. The topological polar surface area (TPSA) is 63.6 Å². The van der Waals surface area contributed by atoms with E-state index in [1.807, 2.05) is 36.4 Å². The molecule has 4 nitrogen and oxygen atoms in total. The molecule has 0 heterocycles. The van der Waals surface area contributed by atoms with Crippen LogP contribution in [0.2, 0.25) is 0 Å². The molecule has 0 aliphatic rings. The van der Waals surface area contributed by atoms with Gasteiger partial charge in [-0.05, 0) is 12.2 Å². The molecule has 2 aromatic rings. The van der Waals surface area contributed by atoms with Crippen LogP contribution in [0, 0.1) is 0 Å². The Morgan fingerprint density at radius 3 is 1.71 bits per heavy atom. The monoisotopic (exact) mass is 362 g/mol. The molecule has 0 fully saturated rings. The number of carboxylic acid groups (broad SMARTS) is 1. The summed E-state index contributed by atoms with van der Waals surface area (Å²) < 4.78 is 4.82. The third kappa shape index (κ3) is 9.55. The lowest BCUT2D eigenvalue weighted by Crippen LogP contribution is -2.11. The lowest BCUT2D eigenvalue weighted by Gasteiger charge is -2.03. The van der Waals surface area contributed by atoms with Crippen molar-refractivity contribution in [3.8, 4) is 0 Å². The maximum atomic E-state index is 10.5. The Bertz CT molecular complexity index is 643. The smallest absolute Gasteiger partial charge is 0.341 e. The quantitative estimate of drug-likeness (QED) is 0.489. The van der Waals surface area contributed by atoms with Gasteiger partial charge in [-0.3, -0.25) is 4.79 Å². The van der Waals surface area contributed by atoms with Crippen molar-refractivity contribution in [2.24, 2.45) is 0 Å². The summed E-state index contributed by atoms with van der Waals surface area (Å²) >= 11 is 8.50. The van der Waals surface area contributed by atoms with Crippen molar-refractivity contribution in [1.82, 2.24) is 0 Å². The normalized spacial score (nSPS) is 8.54. The summed E-state index contributed by atoms with van der Waals surface area (Å²) in [6.07, 6.45) is 0. The van der Waals surface area contributed by atoms with E-state index in [0.29, 0.717) is 5.56 Å². The second-order valence-corrected chi connectivity index (χ2v) is 4.78. The number of benzene rings is 2. The summed E-state index contributed by atoms with van der Waals surface area (Å²) in [6, 6.07) is 18.0. The zero-order valence-electron chi connectivity index (χ0n) is 12.9. The van der Waals surface area contributed by atoms with Crippen LogP contribution >= 0.6 is 24.8 Å². The number of hydrogen-bond donors (Lipinski definition) is 2. The van der Waals surface area contributed by atoms with Gasteiger partial charge < -0.3 is 9.84 Å². The number of carbonyl (C=O) groups is 2. The molecule has 0 aliphatic heterocycles. The molecule has 0 aliphatic carbocycles. The average Bonchev–Trinajstić information content (AvgIpc) is 2.63. The van der Waals surface area contributed by atoms with Crippen LogP contribution < -0.4 is 0 Å². The van der Waals surface area contributed by atoms with Gasteiger partial charge >= 0.3 is 5.97 Å². The van der Waals surface area contributed by atoms with Gasteiger partial charge in [0.05, 0.1) is 0 Å². The van der Waals surface area contributed by atoms with Crippen molar-refractivity contribution in [3.05, 3.63) is 84.9 Å². The van der Waals surface area contributed by atoms with E-state index in [2.05, 4.69) is 25.8 Å². The molecule has 2 aromatic carbocycles. The predicted molar refractivity (Wildman–Crippen MR) is 103 cm³/mol. The van der Waals surface area contributed by atoms with Crippen LogP contribution in [0.15, 0.2) is 73.8 Å². The molecule has 2 rings (SSSR count). The van der Waals surface area contributed by atoms with Gasteiger partial charge in [0.25, 0.3) is 0 Å². The SMILES string of the molecule is C=C.O=C(O)COC(=S)c1ccccc1.O=C(S)c1ccccc1. The maximum absolute atomic E-state index is 10.5. The lowest BCUT2D eigenvalue weighted by molar-refractivity contribution is -0.139. The Balaban J connectivity index is 0.000000420. The van der Waals surface area contributed by atoms with Gasteiger partial charge in [0.2, 0.25) is 5.12 Å². The highest BCUT2D eigenvalue weighted by Gasteiger charge is 2.03. The van der Waals surface area contributed by atoms with Crippen LogP contribution in [0.5, 0.6) is 0 Å². The number of hydrogen-bond acceptors (Lipinski definition) is 4. The van der Waals surface area contributed by atoms with E-state index in [1.165, 1.54) is 0 Å². The first-order chi connectivity index (χ1) is 11.5. The van der Waals surface area contributed by atoms with Crippen LogP contribution in [0.4, 0.5) is 0 Å². The highest BCUT2D eigenvalue weighted by Crippen LogP contribution is 2.02. The lowest BCUT2D eigenvalue weighted by atomic mass is 10.2. The van der Waals surface area contributed by atoms with Crippen LogP contribution in [-0.2, 0) is 9.53 Å². The zero-order chi connectivity index (χ0) is 18.4. The van der Waals surface area contributed by atoms with Crippen molar-refractivity contribution >= 4 is 41.0 Å². The molecule has 0 saturated carbocycles. The highest BCUT2D eigenvalue weighted by atomic mass is 32.1. The van der Waals surface area contributed by atoms with Gasteiger partial charge in [-0.15, -0.1) is 25.8 Å². The molecule has 1 N–H and O–H groups in total. The molecule has 0 bridgehead atoms. The number of rotatable bonds is 4. The van der Waals surface area contributed by atoms with E-state index in [-0.39, 0.29) is 10.2 Å². The van der Waals surface area contributed by atoms with Crippen molar-refractivity contribution in [2.75, 3.05) is 6.61 Å². The predicted octanol–water partition coefficient (Wildman–Crippen LogP) is 4.02. The van der Waals surface area contributed by atoms with E-state index in [4.69, 9.17) is 22.1 Å². The molecule has 0 unspecified atom stereocenters. The van der Waals surface area contributed by atoms with E-state index >= 15 is 0 Å². The maximum Gasteiger partial charge on any atom is 0.341 e. The summed E-state index contributed by atoms with van der Waals surface area (Å²) in [5.41, 5.74) is 1.36. The van der Waals surface area contributed by atoms with Gasteiger partial charge in [0.15, 0.2) is 11.7 Å². The van der Waals surface area contributed by atoms with E-state index in [1.54, 1.807) is 24.3 Å². The minimum atomic E-state index is -1.03. The van der Waals surface area contributed by atoms with E-state index in [0.717, 1.165) is 5.56 Å².